The van der Waals surface area contributed by atoms with Gasteiger partial charge < -0.3 is 24.5 Å². The maximum absolute atomic E-state index is 11.9. The summed E-state index contributed by atoms with van der Waals surface area (Å²) >= 11 is 0. The molecule has 1 unspecified atom stereocenters. The Kier molecular flexibility index (Phi) is 6.05. The van der Waals surface area contributed by atoms with Gasteiger partial charge in [-0.15, -0.1) is 0 Å². The molecule has 1 heterocycles. The van der Waals surface area contributed by atoms with Crippen LogP contribution in [-0.2, 0) is 16.1 Å². The highest BCUT2D eigenvalue weighted by Crippen LogP contribution is 2.10. The van der Waals surface area contributed by atoms with Crippen LogP contribution in [0.3, 0.4) is 0 Å². The smallest absolute Gasteiger partial charge is 0.317 e. The minimum atomic E-state index is -0.964. The maximum Gasteiger partial charge on any atom is 0.317 e. The predicted molar refractivity (Wildman–Crippen MR) is 71.4 cm³/mol. The van der Waals surface area contributed by atoms with Gasteiger partial charge in [0.1, 0.15) is 5.76 Å². The van der Waals surface area contributed by atoms with Gasteiger partial charge in [0.25, 0.3) is 0 Å². The SMILES string of the molecule is COC(CNC(=O)N(C)Cc1ccoc1C)CC(=O)O. The zero-order valence-electron chi connectivity index (χ0n) is 11.9. The lowest BCUT2D eigenvalue weighted by atomic mass is 10.2. The lowest BCUT2D eigenvalue weighted by Crippen LogP contribution is -2.41. The summed E-state index contributed by atoms with van der Waals surface area (Å²) in [5.41, 5.74) is 0.927. The first-order valence-corrected chi connectivity index (χ1v) is 6.20. The predicted octanol–water partition coefficient (Wildman–Crippen LogP) is 1.22. The Bertz CT molecular complexity index is 457. The number of urea groups is 1. The molecule has 0 radical (unpaired) electrons. The topological polar surface area (TPSA) is 92.0 Å². The van der Waals surface area contributed by atoms with Crippen molar-refractivity contribution in [3.05, 3.63) is 23.7 Å². The first kappa shape index (κ1) is 16.0. The summed E-state index contributed by atoms with van der Waals surface area (Å²) in [7, 11) is 3.07. The van der Waals surface area contributed by atoms with E-state index in [2.05, 4.69) is 5.32 Å². The van der Waals surface area contributed by atoms with Crippen LogP contribution in [0.4, 0.5) is 4.79 Å². The molecule has 0 aromatic carbocycles. The van der Waals surface area contributed by atoms with E-state index in [1.54, 1.807) is 13.3 Å². The largest absolute Gasteiger partial charge is 0.481 e. The summed E-state index contributed by atoms with van der Waals surface area (Å²) in [6.07, 6.45) is 0.881. The molecule has 1 rings (SSSR count). The molecule has 2 amide bonds. The monoisotopic (exact) mass is 284 g/mol. The number of amides is 2. The van der Waals surface area contributed by atoms with Crippen LogP contribution in [0.1, 0.15) is 17.7 Å². The number of nitrogens with zero attached hydrogens (tertiary/aromatic N) is 1. The van der Waals surface area contributed by atoms with Gasteiger partial charge in [0.2, 0.25) is 0 Å². The lowest BCUT2D eigenvalue weighted by Gasteiger charge is -2.20. The fourth-order valence-electron chi connectivity index (χ4n) is 1.67. The number of methoxy groups -OCH3 is 1. The van der Waals surface area contributed by atoms with E-state index >= 15 is 0 Å². The van der Waals surface area contributed by atoms with Crippen LogP contribution in [-0.4, -0.2) is 48.8 Å². The van der Waals surface area contributed by atoms with Crippen molar-refractivity contribution in [1.82, 2.24) is 10.2 Å². The van der Waals surface area contributed by atoms with Gasteiger partial charge in [0, 0.05) is 26.3 Å². The number of carboxylic acids is 1. The molecule has 1 atom stereocenters. The Hall–Kier alpha value is -2.02. The molecule has 0 bridgehead atoms. The van der Waals surface area contributed by atoms with Gasteiger partial charge in [-0.05, 0) is 13.0 Å². The number of aryl methyl sites for hydroxylation is 1. The van der Waals surface area contributed by atoms with Crippen LogP contribution in [0.5, 0.6) is 0 Å². The van der Waals surface area contributed by atoms with Crippen molar-refractivity contribution < 1.29 is 23.8 Å². The minimum absolute atomic E-state index is 0.149. The Morgan fingerprint density at radius 1 is 1.55 bits per heavy atom. The first-order valence-electron chi connectivity index (χ1n) is 6.20. The molecule has 0 saturated heterocycles. The normalized spacial score (nSPS) is 11.9. The van der Waals surface area contributed by atoms with Gasteiger partial charge in [0.15, 0.2) is 0 Å². The maximum atomic E-state index is 11.9. The van der Waals surface area contributed by atoms with Crippen molar-refractivity contribution >= 4 is 12.0 Å². The number of hydrogen-bond donors (Lipinski definition) is 2. The van der Waals surface area contributed by atoms with Crippen LogP contribution in [0.2, 0.25) is 0 Å². The number of hydrogen-bond acceptors (Lipinski definition) is 4. The highest BCUT2D eigenvalue weighted by molar-refractivity contribution is 5.74. The average Bonchev–Trinajstić information content (AvgIpc) is 2.79. The Balaban J connectivity index is 2.41. The van der Waals surface area contributed by atoms with Gasteiger partial charge in [-0.2, -0.15) is 0 Å². The number of nitrogens with one attached hydrogen (secondary N) is 1. The van der Waals surface area contributed by atoms with E-state index in [-0.39, 0.29) is 19.0 Å². The summed E-state index contributed by atoms with van der Waals surface area (Å²) in [6.45, 7) is 2.40. The molecule has 2 N–H and O–H groups in total. The standard InChI is InChI=1S/C13H20N2O5/c1-9-10(4-5-20-9)8-15(2)13(18)14-7-11(19-3)6-12(16)17/h4-5,11H,6-8H2,1-3H3,(H,14,18)(H,16,17). The quantitative estimate of drug-likeness (QED) is 0.785. The highest BCUT2D eigenvalue weighted by atomic mass is 16.5. The number of ether oxygens (including phenoxy) is 1. The van der Waals surface area contributed by atoms with E-state index in [1.807, 2.05) is 13.0 Å². The first-order chi connectivity index (χ1) is 9.43. The third-order valence-corrected chi connectivity index (χ3v) is 2.94. The molecule has 7 heteroatoms. The van der Waals surface area contributed by atoms with Crippen LogP contribution < -0.4 is 5.32 Å². The molecular formula is C13H20N2O5. The number of carbonyl (C=O) groups excluding carboxylic acids is 1. The number of furan rings is 1. The summed E-state index contributed by atoms with van der Waals surface area (Å²) in [4.78, 5) is 23.9. The molecule has 0 spiro atoms. The molecule has 1 aromatic rings. The van der Waals surface area contributed by atoms with E-state index in [1.165, 1.54) is 12.0 Å². The van der Waals surface area contributed by atoms with E-state index in [0.29, 0.717) is 6.54 Å². The molecule has 7 nitrogen and oxygen atoms in total. The number of aliphatic carboxylic acids is 1. The van der Waals surface area contributed by atoms with Crippen LogP contribution >= 0.6 is 0 Å². The van der Waals surface area contributed by atoms with Gasteiger partial charge in [-0.3, -0.25) is 4.79 Å². The van der Waals surface area contributed by atoms with Crippen molar-refractivity contribution in [2.45, 2.75) is 26.0 Å². The van der Waals surface area contributed by atoms with Gasteiger partial charge in [-0.1, -0.05) is 0 Å². The Labute approximate surface area is 117 Å². The molecule has 0 aliphatic carbocycles. The molecule has 1 aromatic heterocycles. The summed E-state index contributed by atoms with van der Waals surface area (Å²) < 4.78 is 10.1. The molecular weight excluding hydrogens is 264 g/mol. The van der Waals surface area contributed by atoms with Crippen LogP contribution in [0.25, 0.3) is 0 Å². The molecule has 112 valence electrons. The van der Waals surface area contributed by atoms with Crippen LogP contribution in [0, 0.1) is 6.92 Å². The Morgan fingerprint density at radius 2 is 2.25 bits per heavy atom. The zero-order valence-corrected chi connectivity index (χ0v) is 11.9. The van der Waals surface area contributed by atoms with Crippen molar-refractivity contribution in [2.24, 2.45) is 0 Å². The zero-order chi connectivity index (χ0) is 15.1. The fourth-order valence-corrected chi connectivity index (χ4v) is 1.67. The fraction of sp³-hybridized carbons (Fsp3) is 0.538. The second kappa shape index (κ2) is 7.54. The van der Waals surface area contributed by atoms with Gasteiger partial charge in [-0.25, -0.2) is 4.79 Å². The van der Waals surface area contributed by atoms with E-state index in [4.69, 9.17) is 14.3 Å². The highest BCUT2D eigenvalue weighted by Gasteiger charge is 2.16. The minimum Gasteiger partial charge on any atom is -0.481 e. The third kappa shape index (κ3) is 4.93. The second-order valence-corrected chi connectivity index (χ2v) is 4.50. The van der Waals surface area contributed by atoms with E-state index < -0.39 is 12.1 Å². The molecule has 0 aliphatic rings. The molecule has 0 fully saturated rings. The summed E-state index contributed by atoms with van der Waals surface area (Å²) in [5.74, 6) is -0.196. The molecule has 0 aliphatic heterocycles. The van der Waals surface area contributed by atoms with Crippen molar-refractivity contribution in [3.63, 3.8) is 0 Å². The second-order valence-electron chi connectivity index (χ2n) is 4.50. The number of rotatable bonds is 7. The molecule has 20 heavy (non-hydrogen) atoms. The lowest BCUT2D eigenvalue weighted by molar-refractivity contribution is -0.139. The van der Waals surface area contributed by atoms with Gasteiger partial charge in [0.05, 0.1) is 25.3 Å². The van der Waals surface area contributed by atoms with E-state index in [9.17, 15) is 9.59 Å². The van der Waals surface area contributed by atoms with Gasteiger partial charge >= 0.3 is 12.0 Å². The molecule has 0 saturated carbocycles. The van der Waals surface area contributed by atoms with Crippen molar-refractivity contribution in [2.75, 3.05) is 20.7 Å². The van der Waals surface area contributed by atoms with Crippen molar-refractivity contribution in [1.29, 1.82) is 0 Å². The summed E-state index contributed by atoms with van der Waals surface area (Å²) in [5, 5.41) is 11.3. The number of carboxylic acid groups (broad SMARTS) is 1. The average molecular weight is 284 g/mol. The van der Waals surface area contributed by atoms with E-state index in [0.717, 1.165) is 11.3 Å². The van der Waals surface area contributed by atoms with Crippen molar-refractivity contribution in [3.8, 4) is 0 Å². The Morgan fingerprint density at radius 3 is 2.75 bits per heavy atom. The number of carbonyl (C=O) groups is 2. The third-order valence-electron chi connectivity index (χ3n) is 2.94. The van der Waals surface area contributed by atoms with Crippen LogP contribution in [0.15, 0.2) is 16.7 Å². The summed E-state index contributed by atoms with van der Waals surface area (Å²) in [6, 6.07) is 1.51.